The maximum absolute atomic E-state index is 12.5. The van der Waals surface area contributed by atoms with Gasteiger partial charge in [-0.05, 0) is 49.9 Å². The highest BCUT2D eigenvalue weighted by Crippen LogP contribution is 2.21. The third-order valence-electron chi connectivity index (χ3n) is 4.29. The maximum atomic E-state index is 12.5. The Morgan fingerprint density at radius 2 is 1.92 bits per heavy atom. The first-order valence-electron chi connectivity index (χ1n) is 8.03. The molecule has 0 radical (unpaired) electrons. The van der Waals surface area contributed by atoms with Gasteiger partial charge in [-0.1, -0.05) is 0 Å². The summed E-state index contributed by atoms with van der Waals surface area (Å²) in [5.41, 5.74) is 2.08. The number of carbonyl (C=O) groups excluding carboxylic acids is 1. The molecule has 1 aromatic heterocycles. The van der Waals surface area contributed by atoms with E-state index in [0.29, 0.717) is 11.3 Å². The summed E-state index contributed by atoms with van der Waals surface area (Å²) in [6, 6.07) is 8.43. The number of piperazine rings is 1. The molecule has 0 saturated carbocycles. The van der Waals surface area contributed by atoms with Crippen molar-refractivity contribution in [2.24, 2.45) is 0 Å². The second kappa shape index (κ2) is 6.88. The van der Waals surface area contributed by atoms with Crippen LogP contribution < -0.4 is 10.2 Å². The first kappa shape index (κ1) is 16.3. The molecule has 6 nitrogen and oxygen atoms in total. The van der Waals surface area contributed by atoms with Crippen LogP contribution in [0.4, 0.5) is 11.5 Å². The van der Waals surface area contributed by atoms with Crippen molar-refractivity contribution in [3.8, 4) is 5.75 Å². The van der Waals surface area contributed by atoms with Crippen LogP contribution in [0.15, 0.2) is 36.5 Å². The Kier molecular flexibility index (Phi) is 4.66. The molecule has 0 bridgehead atoms. The number of likely N-dealkylation sites (N-methyl/N-ethyl adjacent to an activating group) is 1. The summed E-state index contributed by atoms with van der Waals surface area (Å²) in [6.07, 6.45) is 1.67. The van der Waals surface area contributed by atoms with Gasteiger partial charge in [0.25, 0.3) is 5.91 Å². The third-order valence-corrected chi connectivity index (χ3v) is 4.29. The lowest BCUT2D eigenvalue weighted by molar-refractivity contribution is 0.102. The van der Waals surface area contributed by atoms with Gasteiger partial charge in [-0.15, -0.1) is 0 Å². The summed E-state index contributed by atoms with van der Waals surface area (Å²) in [5, 5.41) is 12.3. The predicted molar refractivity (Wildman–Crippen MR) is 94.7 cm³/mol. The van der Waals surface area contributed by atoms with Crippen molar-refractivity contribution < 1.29 is 9.90 Å². The monoisotopic (exact) mass is 326 g/mol. The topological polar surface area (TPSA) is 68.7 Å². The van der Waals surface area contributed by atoms with Gasteiger partial charge in [0, 0.05) is 43.6 Å². The number of phenols is 1. The first-order valence-corrected chi connectivity index (χ1v) is 8.03. The number of aryl methyl sites for hydroxylation is 1. The molecule has 126 valence electrons. The molecular weight excluding hydrogens is 304 g/mol. The van der Waals surface area contributed by atoms with Crippen LogP contribution in [0.5, 0.6) is 5.75 Å². The normalized spacial score (nSPS) is 15.3. The van der Waals surface area contributed by atoms with E-state index in [2.05, 4.69) is 27.1 Å². The fourth-order valence-corrected chi connectivity index (χ4v) is 2.75. The van der Waals surface area contributed by atoms with Crippen molar-refractivity contribution in [1.82, 2.24) is 9.88 Å². The van der Waals surface area contributed by atoms with E-state index in [1.165, 1.54) is 0 Å². The van der Waals surface area contributed by atoms with Crippen LogP contribution >= 0.6 is 0 Å². The lowest BCUT2D eigenvalue weighted by atomic mass is 10.1. The van der Waals surface area contributed by atoms with E-state index < -0.39 is 0 Å². The fourth-order valence-electron chi connectivity index (χ4n) is 2.75. The lowest BCUT2D eigenvalue weighted by Crippen LogP contribution is -2.44. The van der Waals surface area contributed by atoms with E-state index >= 15 is 0 Å². The zero-order chi connectivity index (χ0) is 17.1. The van der Waals surface area contributed by atoms with Crippen molar-refractivity contribution in [3.63, 3.8) is 0 Å². The van der Waals surface area contributed by atoms with E-state index in [4.69, 9.17) is 0 Å². The summed E-state index contributed by atoms with van der Waals surface area (Å²) >= 11 is 0. The predicted octanol–water partition coefficient (Wildman–Crippen LogP) is 2.10. The molecule has 2 heterocycles. The molecule has 0 spiro atoms. The molecule has 1 saturated heterocycles. The van der Waals surface area contributed by atoms with Crippen LogP contribution in [0.1, 0.15) is 15.9 Å². The van der Waals surface area contributed by atoms with Crippen molar-refractivity contribution in [1.29, 1.82) is 0 Å². The molecule has 24 heavy (non-hydrogen) atoms. The standard InChI is InChI=1S/C18H22N4O2/c1-13-11-15(23)3-4-16(13)20-18(24)14-5-6-19-17(12-14)22-9-7-21(2)8-10-22/h3-6,11-12,23H,7-10H2,1-2H3,(H,20,24). The molecule has 1 aliphatic rings. The molecular formula is C18H22N4O2. The second-order valence-electron chi connectivity index (χ2n) is 6.15. The van der Waals surface area contributed by atoms with Crippen LogP contribution in [0.25, 0.3) is 0 Å². The minimum atomic E-state index is -0.179. The average molecular weight is 326 g/mol. The summed E-state index contributed by atoms with van der Waals surface area (Å²) in [4.78, 5) is 21.4. The number of pyridine rings is 1. The minimum absolute atomic E-state index is 0.179. The van der Waals surface area contributed by atoms with Crippen LogP contribution in [0.3, 0.4) is 0 Å². The number of hydrogen-bond donors (Lipinski definition) is 2. The van der Waals surface area contributed by atoms with Gasteiger partial charge in [-0.25, -0.2) is 4.98 Å². The summed E-state index contributed by atoms with van der Waals surface area (Å²) in [5.74, 6) is 0.839. The Morgan fingerprint density at radius 3 is 2.62 bits per heavy atom. The van der Waals surface area contributed by atoms with E-state index in [1.807, 2.05) is 13.0 Å². The SMILES string of the molecule is Cc1cc(O)ccc1NC(=O)c1ccnc(N2CCN(C)CC2)c1. The Balaban J connectivity index is 1.74. The fraction of sp³-hybridized carbons (Fsp3) is 0.333. The number of rotatable bonds is 3. The Hall–Kier alpha value is -2.60. The summed E-state index contributed by atoms with van der Waals surface area (Å²) in [6.45, 7) is 5.64. The van der Waals surface area contributed by atoms with Gasteiger partial charge in [0.15, 0.2) is 0 Å². The molecule has 2 aromatic rings. The molecule has 1 fully saturated rings. The molecule has 6 heteroatoms. The van der Waals surface area contributed by atoms with Crippen LogP contribution in [-0.4, -0.2) is 54.1 Å². The highest BCUT2D eigenvalue weighted by atomic mass is 16.3. The Labute approximate surface area is 141 Å². The number of carbonyl (C=O) groups is 1. The van der Waals surface area contributed by atoms with Crippen molar-refractivity contribution in [3.05, 3.63) is 47.7 Å². The van der Waals surface area contributed by atoms with E-state index in [9.17, 15) is 9.90 Å². The van der Waals surface area contributed by atoms with Crippen LogP contribution in [-0.2, 0) is 0 Å². The average Bonchev–Trinajstić information content (AvgIpc) is 2.58. The molecule has 1 aliphatic heterocycles. The van der Waals surface area contributed by atoms with Crippen molar-refractivity contribution in [2.45, 2.75) is 6.92 Å². The first-order chi connectivity index (χ1) is 11.5. The minimum Gasteiger partial charge on any atom is -0.508 e. The third kappa shape index (κ3) is 3.65. The number of benzene rings is 1. The summed E-state index contributed by atoms with van der Waals surface area (Å²) in [7, 11) is 2.11. The summed E-state index contributed by atoms with van der Waals surface area (Å²) < 4.78 is 0. The highest BCUT2D eigenvalue weighted by Gasteiger charge is 2.17. The largest absolute Gasteiger partial charge is 0.508 e. The molecule has 0 atom stereocenters. The van der Waals surface area contributed by atoms with Gasteiger partial charge in [0.05, 0.1) is 0 Å². The molecule has 2 N–H and O–H groups in total. The van der Waals surface area contributed by atoms with Crippen LogP contribution in [0, 0.1) is 6.92 Å². The van der Waals surface area contributed by atoms with Gasteiger partial charge in [0.1, 0.15) is 11.6 Å². The van der Waals surface area contributed by atoms with E-state index in [1.54, 1.807) is 30.5 Å². The number of amides is 1. The molecule has 1 amide bonds. The van der Waals surface area contributed by atoms with Gasteiger partial charge in [-0.3, -0.25) is 4.79 Å². The van der Waals surface area contributed by atoms with Gasteiger partial charge in [0.2, 0.25) is 0 Å². The van der Waals surface area contributed by atoms with Crippen LogP contribution in [0.2, 0.25) is 0 Å². The zero-order valence-electron chi connectivity index (χ0n) is 14.0. The highest BCUT2D eigenvalue weighted by molar-refractivity contribution is 6.05. The number of aromatic nitrogens is 1. The number of phenolic OH excluding ortho intramolecular Hbond substituents is 1. The zero-order valence-corrected chi connectivity index (χ0v) is 14.0. The molecule has 3 rings (SSSR count). The number of nitrogens with one attached hydrogen (secondary N) is 1. The van der Waals surface area contributed by atoms with E-state index in [0.717, 1.165) is 37.6 Å². The second-order valence-corrected chi connectivity index (χ2v) is 6.15. The molecule has 1 aromatic carbocycles. The van der Waals surface area contributed by atoms with Gasteiger partial charge < -0.3 is 20.2 Å². The quantitative estimate of drug-likeness (QED) is 0.846. The smallest absolute Gasteiger partial charge is 0.255 e. The van der Waals surface area contributed by atoms with E-state index in [-0.39, 0.29) is 11.7 Å². The molecule has 0 unspecified atom stereocenters. The van der Waals surface area contributed by atoms with Crippen molar-refractivity contribution >= 4 is 17.4 Å². The van der Waals surface area contributed by atoms with Crippen molar-refractivity contribution in [2.75, 3.05) is 43.4 Å². The number of nitrogens with zero attached hydrogens (tertiary/aromatic N) is 3. The Morgan fingerprint density at radius 1 is 1.17 bits per heavy atom. The molecule has 0 aliphatic carbocycles. The lowest BCUT2D eigenvalue weighted by Gasteiger charge is -2.33. The maximum Gasteiger partial charge on any atom is 0.255 e. The van der Waals surface area contributed by atoms with Gasteiger partial charge in [-0.2, -0.15) is 0 Å². The number of anilines is 2. The van der Waals surface area contributed by atoms with Gasteiger partial charge >= 0.3 is 0 Å². The Bertz CT molecular complexity index is 740. The number of hydrogen-bond acceptors (Lipinski definition) is 5. The number of aromatic hydroxyl groups is 1.